The predicted octanol–water partition coefficient (Wildman–Crippen LogP) is 2.75. The van der Waals surface area contributed by atoms with Gasteiger partial charge in [-0.3, -0.25) is 0 Å². The first kappa shape index (κ1) is 12.4. The van der Waals surface area contributed by atoms with Crippen LogP contribution >= 0.6 is 0 Å². The zero-order chi connectivity index (χ0) is 13.1. The zero-order valence-electron chi connectivity index (χ0n) is 11.3. The molecule has 0 spiro atoms. The van der Waals surface area contributed by atoms with E-state index in [4.69, 9.17) is 0 Å². The van der Waals surface area contributed by atoms with Crippen molar-refractivity contribution in [3.05, 3.63) is 36.0 Å². The molecule has 0 bridgehead atoms. The summed E-state index contributed by atoms with van der Waals surface area (Å²) in [6.07, 6.45) is 4.09. The van der Waals surface area contributed by atoms with Crippen molar-refractivity contribution in [2.24, 2.45) is 5.92 Å². The molecule has 0 saturated heterocycles. The van der Waals surface area contributed by atoms with E-state index in [0.29, 0.717) is 6.04 Å². The van der Waals surface area contributed by atoms with Crippen LogP contribution in [0.3, 0.4) is 0 Å². The Balaban J connectivity index is 1.63. The number of aromatic amines is 1. The Hall–Kier alpha value is -1.68. The van der Waals surface area contributed by atoms with Gasteiger partial charge in [0.1, 0.15) is 11.4 Å². The van der Waals surface area contributed by atoms with Gasteiger partial charge in [-0.15, -0.1) is 0 Å². The van der Waals surface area contributed by atoms with Crippen LogP contribution in [-0.4, -0.2) is 21.5 Å². The maximum Gasteiger partial charge on any atom is 0.117 e. The minimum atomic E-state index is 0.549. The van der Waals surface area contributed by atoms with Gasteiger partial charge >= 0.3 is 0 Å². The van der Waals surface area contributed by atoms with E-state index in [1.165, 1.54) is 19.3 Å². The molecule has 1 atom stereocenters. The molecule has 1 unspecified atom stereocenters. The Morgan fingerprint density at radius 3 is 2.79 bits per heavy atom. The number of benzene rings is 1. The van der Waals surface area contributed by atoms with Crippen LogP contribution in [-0.2, 0) is 6.54 Å². The molecule has 19 heavy (non-hydrogen) atoms. The van der Waals surface area contributed by atoms with Crippen molar-refractivity contribution in [3.63, 3.8) is 0 Å². The molecular formula is C15H20N4. The number of nitrogens with one attached hydrogen (secondary N) is 2. The lowest BCUT2D eigenvalue weighted by Crippen LogP contribution is -2.26. The monoisotopic (exact) mass is 256 g/mol. The molecular weight excluding hydrogens is 236 g/mol. The first-order valence-corrected chi connectivity index (χ1v) is 7.01. The molecule has 1 aromatic heterocycles. The lowest BCUT2D eigenvalue weighted by Gasteiger charge is -2.12. The van der Waals surface area contributed by atoms with E-state index in [9.17, 15) is 0 Å². The number of hydrogen-bond acceptors (Lipinski definition) is 3. The summed E-state index contributed by atoms with van der Waals surface area (Å²) < 4.78 is 0. The Morgan fingerprint density at radius 2 is 2.05 bits per heavy atom. The van der Waals surface area contributed by atoms with Gasteiger partial charge < -0.3 is 5.32 Å². The van der Waals surface area contributed by atoms with Crippen LogP contribution in [0.15, 0.2) is 30.3 Å². The second-order valence-corrected chi connectivity index (χ2v) is 5.45. The second kappa shape index (κ2) is 5.53. The van der Waals surface area contributed by atoms with Gasteiger partial charge in [-0.1, -0.05) is 43.2 Å². The fraction of sp³-hybridized carbons (Fsp3) is 0.467. The maximum absolute atomic E-state index is 4.26. The zero-order valence-corrected chi connectivity index (χ0v) is 11.3. The highest BCUT2D eigenvalue weighted by molar-refractivity contribution is 5.60. The molecule has 0 radical (unpaired) electrons. The number of nitrogens with zero attached hydrogens (tertiary/aromatic N) is 2. The van der Waals surface area contributed by atoms with Gasteiger partial charge in [-0.2, -0.15) is 15.4 Å². The summed E-state index contributed by atoms with van der Waals surface area (Å²) in [7, 11) is 0. The Labute approximate surface area is 113 Å². The molecule has 100 valence electrons. The van der Waals surface area contributed by atoms with Crippen molar-refractivity contribution in [1.82, 2.24) is 20.7 Å². The Kier molecular flexibility index (Phi) is 3.60. The number of rotatable bonds is 6. The van der Waals surface area contributed by atoms with E-state index in [-0.39, 0.29) is 0 Å². The van der Waals surface area contributed by atoms with Crippen LogP contribution < -0.4 is 5.32 Å². The van der Waals surface area contributed by atoms with Crippen LogP contribution in [0, 0.1) is 5.92 Å². The first-order chi connectivity index (χ1) is 9.33. The smallest absolute Gasteiger partial charge is 0.117 e. The quantitative estimate of drug-likeness (QED) is 0.835. The van der Waals surface area contributed by atoms with Crippen molar-refractivity contribution in [1.29, 1.82) is 0 Å². The molecule has 1 heterocycles. The minimum absolute atomic E-state index is 0.549. The van der Waals surface area contributed by atoms with Crippen LogP contribution in [0.4, 0.5) is 0 Å². The Morgan fingerprint density at radius 1 is 1.26 bits per heavy atom. The summed E-state index contributed by atoms with van der Waals surface area (Å²) in [5.41, 5.74) is 3.06. The molecule has 0 amide bonds. The number of H-pyrrole nitrogens is 1. The van der Waals surface area contributed by atoms with E-state index >= 15 is 0 Å². The lowest BCUT2D eigenvalue weighted by molar-refractivity contribution is 0.484. The summed E-state index contributed by atoms with van der Waals surface area (Å²) in [6, 6.07) is 10.7. The molecule has 2 aromatic rings. The molecule has 4 heteroatoms. The van der Waals surface area contributed by atoms with Crippen molar-refractivity contribution in [3.8, 4) is 11.3 Å². The molecule has 1 aromatic carbocycles. The van der Waals surface area contributed by atoms with Crippen molar-refractivity contribution in [2.75, 3.05) is 0 Å². The maximum atomic E-state index is 4.26. The van der Waals surface area contributed by atoms with Crippen LogP contribution in [0.5, 0.6) is 0 Å². The van der Waals surface area contributed by atoms with Gasteiger partial charge in [0.2, 0.25) is 0 Å². The SMILES string of the molecule is CC(CC1CC1)NCc1n[nH]nc1-c1ccccc1. The standard InChI is InChI=1S/C15H20N4/c1-11(9-12-7-8-12)16-10-14-15(18-19-17-14)13-5-3-2-4-6-13/h2-6,11-12,16H,7-10H2,1H3,(H,17,18,19). The highest BCUT2D eigenvalue weighted by Gasteiger charge is 2.23. The van der Waals surface area contributed by atoms with Crippen LogP contribution in [0.25, 0.3) is 11.3 Å². The van der Waals surface area contributed by atoms with E-state index in [1.807, 2.05) is 18.2 Å². The predicted molar refractivity (Wildman–Crippen MR) is 75.5 cm³/mol. The molecule has 1 fully saturated rings. The Bertz CT molecular complexity index is 516. The van der Waals surface area contributed by atoms with E-state index in [1.54, 1.807) is 0 Å². The first-order valence-electron chi connectivity index (χ1n) is 7.01. The fourth-order valence-corrected chi connectivity index (χ4v) is 2.41. The summed E-state index contributed by atoms with van der Waals surface area (Å²) in [4.78, 5) is 0. The topological polar surface area (TPSA) is 53.6 Å². The fourth-order valence-electron chi connectivity index (χ4n) is 2.41. The average molecular weight is 256 g/mol. The van der Waals surface area contributed by atoms with Gasteiger partial charge in [-0.05, 0) is 19.3 Å². The van der Waals surface area contributed by atoms with Crippen molar-refractivity contribution in [2.45, 2.75) is 38.8 Å². The molecule has 1 saturated carbocycles. The number of hydrogen-bond donors (Lipinski definition) is 2. The van der Waals surface area contributed by atoms with Gasteiger partial charge in [0.15, 0.2) is 0 Å². The van der Waals surface area contributed by atoms with Gasteiger partial charge in [0.05, 0.1) is 0 Å². The van der Waals surface area contributed by atoms with Crippen LogP contribution in [0.2, 0.25) is 0 Å². The highest BCUT2D eigenvalue weighted by Crippen LogP contribution is 2.33. The van der Waals surface area contributed by atoms with Gasteiger partial charge in [0.25, 0.3) is 0 Å². The third-order valence-corrected chi connectivity index (χ3v) is 3.67. The summed E-state index contributed by atoms with van der Waals surface area (Å²) >= 11 is 0. The van der Waals surface area contributed by atoms with Gasteiger partial charge in [0, 0.05) is 18.2 Å². The molecule has 4 nitrogen and oxygen atoms in total. The van der Waals surface area contributed by atoms with E-state index in [2.05, 4.69) is 39.8 Å². The van der Waals surface area contributed by atoms with Gasteiger partial charge in [-0.25, -0.2) is 0 Å². The third-order valence-electron chi connectivity index (χ3n) is 3.67. The summed E-state index contributed by atoms with van der Waals surface area (Å²) in [5, 5.41) is 14.8. The molecule has 1 aliphatic carbocycles. The number of aromatic nitrogens is 3. The lowest BCUT2D eigenvalue weighted by atomic mass is 10.1. The molecule has 1 aliphatic rings. The third kappa shape index (κ3) is 3.20. The highest BCUT2D eigenvalue weighted by atomic mass is 15.3. The van der Waals surface area contributed by atoms with Crippen molar-refractivity contribution < 1.29 is 0 Å². The normalized spacial score (nSPS) is 16.5. The summed E-state index contributed by atoms with van der Waals surface area (Å²) in [5.74, 6) is 0.952. The van der Waals surface area contributed by atoms with Crippen LogP contribution in [0.1, 0.15) is 31.9 Å². The van der Waals surface area contributed by atoms with Crippen molar-refractivity contribution >= 4 is 0 Å². The van der Waals surface area contributed by atoms with E-state index in [0.717, 1.165) is 29.4 Å². The molecule has 0 aliphatic heterocycles. The largest absolute Gasteiger partial charge is 0.309 e. The summed E-state index contributed by atoms with van der Waals surface area (Å²) in [6.45, 7) is 3.02. The minimum Gasteiger partial charge on any atom is -0.309 e. The molecule has 3 rings (SSSR count). The van der Waals surface area contributed by atoms with E-state index < -0.39 is 0 Å². The average Bonchev–Trinajstić information content (AvgIpc) is 3.12. The molecule has 2 N–H and O–H groups in total. The second-order valence-electron chi connectivity index (χ2n) is 5.45.